The molecular formula is C23H23N5O2. The second-order valence-electron chi connectivity index (χ2n) is 7.54. The van der Waals surface area contributed by atoms with Crippen molar-refractivity contribution in [1.82, 2.24) is 15.1 Å². The lowest BCUT2D eigenvalue weighted by Crippen LogP contribution is -2.22. The number of nitrogens with two attached hydrogens (primary N) is 1. The summed E-state index contributed by atoms with van der Waals surface area (Å²) in [5, 5.41) is 15.2. The first-order chi connectivity index (χ1) is 14.6. The first-order valence-corrected chi connectivity index (χ1v) is 9.96. The monoisotopic (exact) mass is 401 g/mol. The first kappa shape index (κ1) is 19.5. The summed E-state index contributed by atoms with van der Waals surface area (Å²) in [6, 6.07) is 18.6. The van der Waals surface area contributed by atoms with Gasteiger partial charge in [0.15, 0.2) is 6.19 Å². The molecule has 1 saturated carbocycles. The van der Waals surface area contributed by atoms with Crippen LogP contribution in [0.3, 0.4) is 0 Å². The Kier molecular flexibility index (Phi) is 5.66. The maximum atomic E-state index is 11.1. The van der Waals surface area contributed by atoms with Gasteiger partial charge in [0, 0.05) is 18.7 Å². The number of hydrogen-bond acceptors (Lipinski definition) is 5. The van der Waals surface area contributed by atoms with Crippen LogP contribution < -0.4 is 10.5 Å². The first-order valence-electron chi connectivity index (χ1n) is 9.96. The third-order valence-electron chi connectivity index (χ3n) is 5.60. The van der Waals surface area contributed by atoms with Gasteiger partial charge in [-0.15, -0.1) is 0 Å². The van der Waals surface area contributed by atoms with E-state index in [-0.39, 0.29) is 5.69 Å². The molecule has 3 N–H and O–H groups in total. The molecule has 1 aliphatic heterocycles. The average molecular weight is 401 g/mol. The number of nitrogens with one attached hydrogen (secondary N) is 1. The number of nitrogens with zero attached hydrogens (tertiary/aromatic N) is 3. The highest BCUT2D eigenvalue weighted by atomic mass is 16.5. The van der Waals surface area contributed by atoms with E-state index in [1.807, 2.05) is 59.5 Å². The number of carbonyl (C=O) groups is 1. The highest BCUT2D eigenvalue weighted by Gasteiger charge is 2.38. The Morgan fingerprint density at radius 3 is 2.37 bits per heavy atom. The van der Waals surface area contributed by atoms with Crippen LogP contribution in [0.5, 0.6) is 11.5 Å². The number of carbonyl (C=O) groups excluding carboxylic acids is 1. The van der Waals surface area contributed by atoms with Gasteiger partial charge in [0.25, 0.3) is 5.91 Å². The van der Waals surface area contributed by atoms with Crippen LogP contribution in [0.1, 0.15) is 23.3 Å². The molecular weight excluding hydrogens is 378 g/mol. The number of fused-ring (bicyclic) bond motifs is 1. The molecule has 0 bridgehead atoms. The van der Waals surface area contributed by atoms with Crippen LogP contribution in [0.15, 0.2) is 60.7 Å². The summed E-state index contributed by atoms with van der Waals surface area (Å²) >= 11 is 0. The summed E-state index contributed by atoms with van der Waals surface area (Å²) < 4.78 is 5.86. The molecule has 5 rings (SSSR count). The second-order valence-corrected chi connectivity index (χ2v) is 7.54. The van der Waals surface area contributed by atoms with E-state index in [9.17, 15) is 4.79 Å². The minimum atomic E-state index is -0.546. The predicted molar refractivity (Wildman–Crippen MR) is 112 cm³/mol. The van der Waals surface area contributed by atoms with Gasteiger partial charge in [-0.1, -0.05) is 30.3 Å². The zero-order chi connectivity index (χ0) is 20.9. The van der Waals surface area contributed by atoms with Gasteiger partial charge in [-0.25, -0.2) is 0 Å². The molecule has 1 amide bonds. The number of primary amides is 1. The van der Waals surface area contributed by atoms with Crippen LogP contribution in [0.4, 0.5) is 0 Å². The number of nitriles is 1. The van der Waals surface area contributed by atoms with Crippen molar-refractivity contribution < 1.29 is 9.53 Å². The van der Waals surface area contributed by atoms with Gasteiger partial charge in [-0.05, 0) is 55.0 Å². The zero-order valence-corrected chi connectivity index (χ0v) is 16.5. The number of hydrogen-bond donors (Lipinski definition) is 2. The molecule has 7 heteroatoms. The quantitative estimate of drug-likeness (QED) is 0.647. The van der Waals surface area contributed by atoms with Gasteiger partial charge < -0.3 is 15.4 Å². The van der Waals surface area contributed by atoms with Crippen LogP contribution in [-0.4, -0.2) is 34.1 Å². The Morgan fingerprint density at radius 1 is 1.10 bits per heavy atom. The van der Waals surface area contributed by atoms with Crippen molar-refractivity contribution >= 4 is 5.91 Å². The van der Waals surface area contributed by atoms with E-state index in [0.717, 1.165) is 36.2 Å². The second kappa shape index (κ2) is 8.70. The average Bonchev–Trinajstić information content (AvgIpc) is 3.35. The number of likely N-dealkylation sites (tertiary alicyclic amines) is 1. The fraction of sp³-hybridized carbons (Fsp3) is 0.261. The van der Waals surface area contributed by atoms with Gasteiger partial charge in [-0.2, -0.15) is 10.4 Å². The number of H-pyrrole nitrogens is 1. The van der Waals surface area contributed by atoms with Crippen molar-refractivity contribution in [1.29, 1.82) is 5.26 Å². The van der Waals surface area contributed by atoms with Crippen molar-refractivity contribution in [3.63, 3.8) is 0 Å². The van der Waals surface area contributed by atoms with Gasteiger partial charge in [0.1, 0.15) is 17.2 Å². The molecule has 1 saturated heterocycles. The van der Waals surface area contributed by atoms with Crippen LogP contribution in [0.2, 0.25) is 0 Å². The van der Waals surface area contributed by atoms with E-state index in [1.165, 1.54) is 12.8 Å². The van der Waals surface area contributed by atoms with Crippen molar-refractivity contribution in [3.05, 3.63) is 66.4 Å². The van der Waals surface area contributed by atoms with E-state index in [4.69, 9.17) is 15.7 Å². The topological polar surface area (TPSA) is 108 Å². The molecule has 2 aromatic carbocycles. The standard InChI is InChI=1S/C16H13N3O2.C7H10N2/c17-16(20)14-10-13(18-19-14)12-8-4-5-9-15(12)21-11-6-2-1-3-7-11;8-5-9-3-6-1-2-7(6)4-9/h1-10H,(H2,17,20)(H,18,19);6-7H,1-4H2. The molecule has 0 spiro atoms. The predicted octanol–water partition coefficient (Wildman–Crippen LogP) is 3.78. The fourth-order valence-corrected chi connectivity index (χ4v) is 3.81. The molecule has 7 nitrogen and oxygen atoms in total. The minimum Gasteiger partial charge on any atom is -0.457 e. The minimum absolute atomic E-state index is 0.263. The van der Waals surface area contributed by atoms with E-state index in [1.54, 1.807) is 6.07 Å². The normalized spacial score (nSPS) is 19.0. The Balaban J connectivity index is 0.000000200. The Hall–Kier alpha value is -3.79. The maximum Gasteiger partial charge on any atom is 0.266 e. The molecule has 0 radical (unpaired) electrons. The lowest BCUT2D eigenvalue weighted by Gasteiger charge is -2.27. The number of para-hydroxylation sites is 2. The highest BCUT2D eigenvalue weighted by molar-refractivity contribution is 5.92. The lowest BCUT2D eigenvalue weighted by atomic mass is 9.77. The Labute approximate surface area is 175 Å². The number of amides is 1. The number of rotatable bonds is 4. The van der Waals surface area contributed by atoms with E-state index in [2.05, 4.69) is 16.4 Å². The summed E-state index contributed by atoms with van der Waals surface area (Å²) in [6.45, 7) is 2.09. The van der Waals surface area contributed by atoms with E-state index >= 15 is 0 Å². The number of aromatic amines is 1. The lowest BCUT2D eigenvalue weighted by molar-refractivity contribution is 0.0995. The van der Waals surface area contributed by atoms with Gasteiger partial charge in [-0.3, -0.25) is 9.89 Å². The van der Waals surface area contributed by atoms with Crippen LogP contribution in [-0.2, 0) is 0 Å². The number of aromatic nitrogens is 2. The highest BCUT2D eigenvalue weighted by Crippen LogP contribution is 2.39. The Bertz CT molecular complexity index is 1040. The van der Waals surface area contributed by atoms with Crippen molar-refractivity contribution in [2.75, 3.05) is 13.1 Å². The maximum absolute atomic E-state index is 11.1. The number of benzene rings is 2. The van der Waals surface area contributed by atoms with Crippen LogP contribution >= 0.6 is 0 Å². The molecule has 2 heterocycles. The largest absolute Gasteiger partial charge is 0.457 e. The third-order valence-corrected chi connectivity index (χ3v) is 5.60. The van der Waals surface area contributed by atoms with Gasteiger partial charge in [0.2, 0.25) is 0 Å². The van der Waals surface area contributed by atoms with Gasteiger partial charge >= 0.3 is 0 Å². The molecule has 30 heavy (non-hydrogen) atoms. The zero-order valence-electron chi connectivity index (χ0n) is 16.5. The van der Waals surface area contributed by atoms with Crippen LogP contribution in [0.25, 0.3) is 11.3 Å². The summed E-state index contributed by atoms with van der Waals surface area (Å²) in [6.07, 6.45) is 4.93. The van der Waals surface area contributed by atoms with Gasteiger partial charge in [0.05, 0.1) is 5.69 Å². The molecule has 2 atom stereocenters. The van der Waals surface area contributed by atoms with E-state index in [0.29, 0.717) is 11.4 Å². The SMILES string of the molecule is N#CN1CC2CCC2C1.NC(=O)c1cc(-c2ccccc2Oc2ccccc2)n[nH]1. The van der Waals surface area contributed by atoms with E-state index < -0.39 is 5.91 Å². The molecule has 1 aromatic heterocycles. The smallest absolute Gasteiger partial charge is 0.266 e. The van der Waals surface area contributed by atoms with Crippen molar-refractivity contribution in [2.24, 2.45) is 17.6 Å². The molecule has 2 fully saturated rings. The Morgan fingerprint density at radius 2 is 1.77 bits per heavy atom. The van der Waals surface area contributed by atoms with Crippen molar-refractivity contribution in [3.8, 4) is 28.9 Å². The third kappa shape index (κ3) is 4.28. The fourth-order valence-electron chi connectivity index (χ4n) is 3.81. The molecule has 2 unspecified atom stereocenters. The molecule has 3 aromatic rings. The summed E-state index contributed by atoms with van der Waals surface area (Å²) in [5.74, 6) is 2.60. The van der Waals surface area contributed by atoms with Crippen LogP contribution in [0, 0.1) is 23.3 Å². The molecule has 1 aliphatic carbocycles. The molecule has 152 valence electrons. The summed E-state index contributed by atoms with van der Waals surface area (Å²) in [7, 11) is 0. The van der Waals surface area contributed by atoms with Crippen molar-refractivity contribution in [2.45, 2.75) is 12.8 Å². The summed E-state index contributed by atoms with van der Waals surface area (Å²) in [4.78, 5) is 13.0. The molecule has 2 aliphatic rings. The summed E-state index contributed by atoms with van der Waals surface area (Å²) in [5.41, 5.74) is 6.88. The number of ether oxygens (including phenoxy) is 1.